The summed E-state index contributed by atoms with van der Waals surface area (Å²) in [6.07, 6.45) is 0. The van der Waals surface area contributed by atoms with E-state index in [1.807, 2.05) is 21.1 Å². The molecule has 0 atom stereocenters. The SMILES string of the molecule is C[N+](C)(C)CCOC(=O)CO. The first-order valence-electron chi connectivity index (χ1n) is 3.52. The van der Waals surface area contributed by atoms with Gasteiger partial charge in [0.25, 0.3) is 0 Å². The average molecular weight is 162 g/mol. The molecule has 0 rings (SSSR count). The smallest absolute Gasteiger partial charge is 0.332 e. The number of quaternary nitrogens is 1. The van der Waals surface area contributed by atoms with Crippen LogP contribution >= 0.6 is 0 Å². The van der Waals surface area contributed by atoms with Crippen LogP contribution in [0.15, 0.2) is 0 Å². The summed E-state index contributed by atoms with van der Waals surface area (Å²) in [7, 11) is 6.02. The Morgan fingerprint density at radius 3 is 2.36 bits per heavy atom. The Labute approximate surface area is 67.0 Å². The highest BCUT2D eigenvalue weighted by Gasteiger charge is 2.07. The molecule has 66 valence electrons. The molecular weight excluding hydrogens is 146 g/mol. The van der Waals surface area contributed by atoms with Gasteiger partial charge in [-0.25, -0.2) is 4.79 Å². The van der Waals surface area contributed by atoms with Crippen LogP contribution in [0.5, 0.6) is 0 Å². The zero-order valence-electron chi connectivity index (χ0n) is 7.33. The fraction of sp³-hybridized carbons (Fsp3) is 0.857. The summed E-state index contributed by atoms with van der Waals surface area (Å²) in [5.41, 5.74) is 0. The molecule has 0 heterocycles. The van der Waals surface area contributed by atoms with Crippen LogP contribution in [-0.4, -0.2) is 56.5 Å². The standard InChI is InChI=1S/C7H16NO3/c1-8(2,3)4-5-11-7(10)6-9/h9H,4-6H2,1-3H3/q+1. The van der Waals surface area contributed by atoms with Crippen molar-refractivity contribution in [1.29, 1.82) is 0 Å². The molecule has 0 aromatic carbocycles. The number of likely N-dealkylation sites (N-methyl/N-ethyl adjacent to an activating group) is 1. The van der Waals surface area contributed by atoms with E-state index in [4.69, 9.17) is 5.11 Å². The molecule has 0 radical (unpaired) electrons. The van der Waals surface area contributed by atoms with Crippen LogP contribution in [0.3, 0.4) is 0 Å². The number of carbonyl (C=O) groups excluding carboxylic acids is 1. The van der Waals surface area contributed by atoms with E-state index in [2.05, 4.69) is 4.74 Å². The van der Waals surface area contributed by atoms with Gasteiger partial charge in [0.15, 0.2) is 0 Å². The van der Waals surface area contributed by atoms with E-state index < -0.39 is 12.6 Å². The highest BCUT2D eigenvalue weighted by Crippen LogP contribution is 1.89. The molecule has 0 fully saturated rings. The van der Waals surface area contributed by atoms with Crippen LogP contribution < -0.4 is 0 Å². The fourth-order valence-electron chi connectivity index (χ4n) is 0.479. The third-order valence-corrected chi connectivity index (χ3v) is 1.15. The van der Waals surface area contributed by atoms with Crippen molar-refractivity contribution in [2.75, 3.05) is 40.9 Å². The normalized spacial score (nSPS) is 11.3. The van der Waals surface area contributed by atoms with E-state index in [1.54, 1.807) is 0 Å². The maximum Gasteiger partial charge on any atom is 0.332 e. The Hall–Kier alpha value is -0.610. The Kier molecular flexibility index (Phi) is 4.07. The minimum Gasteiger partial charge on any atom is -0.458 e. The highest BCUT2D eigenvalue weighted by molar-refractivity contribution is 5.70. The second-order valence-corrected chi connectivity index (χ2v) is 3.39. The van der Waals surface area contributed by atoms with Gasteiger partial charge >= 0.3 is 5.97 Å². The Bertz CT molecular complexity index is 128. The Morgan fingerprint density at radius 2 is 2.00 bits per heavy atom. The molecule has 0 spiro atoms. The molecule has 11 heavy (non-hydrogen) atoms. The van der Waals surface area contributed by atoms with Gasteiger partial charge in [-0.3, -0.25) is 0 Å². The summed E-state index contributed by atoms with van der Waals surface area (Å²) in [5, 5.41) is 8.28. The third-order valence-electron chi connectivity index (χ3n) is 1.15. The van der Waals surface area contributed by atoms with Crippen LogP contribution in [0.4, 0.5) is 0 Å². The predicted octanol–water partition coefficient (Wildman–Crippen LogP) is -0.772. The van der Waals surface area contributed by atoms with Crippen molar-refractivity contribution in [1.82, 2.24) is 0 Å². The van der Waals surface area contributed by atoms with Crippen LogP contribution in [-0.2, 0) is 9.53 Å². The molecule has 0 unspecified atom stereocenters. The average Bonchev–Trinajstić information content (AvgIpc) is 1.85. The molecular formula is C7H16NO3+. The molecule has 0 aromatic rings. The molecule has 0 amide bonds. The fourth-order valence-corrected chi connectivity index (χ4v) is 0.479. The van der Waals surface area contributed by atoms with Crippen molar-refractivity contribution < 1.29 is 19.1 Å². The van der Waals surface area contributed by atoms with Crippen LogP contribution in [0.1, 0.15) is 0 Å². The van der Waals surface area contributed by atoms with Gasteiger partial charge in [-0.15, -0.1) is 0 Å². The van der Waals surface area contributed by atoms with Gasteiger partial charge in [-0.1, -0.05) is 0 Å². The zero-order valence-corrected chi connectivity index (χ0v) is 7.33. The molecule has 0 aliphatic rings. The topological polar surface area (TPSA) is 46.5 Å². The van der Waals surface area contributed by atoms with E-state index in [1.165, 1.54) is 0 Å². The van der Waals surface area contributed by atoms with Gasteiger partial charge in [-0.2, -0.15) is 0 Å². The van der Waals surface area contributed by atoms with Crippen molar-refractivity contribution in [2.24, 2.45) is 0 Å². The van der Waals surface area contributed by atoms with Crippen molar-refractivity contribution in [3.8, 4) is 0 Å². The zero-order chi connectivity index (χ0) is 8.91. The summed E-state index contributed by atoms with van der Waals surface area (Å²) >= 11 is 0. The molecule has 0 aliphatic heterocycles. The monoisotopic (exact) mass is 162 g/mol. The molecule has 0 saturated carbocycles. The van der Waals surface area contributed by atoms with E-state index in [-0.39, 0.29) is 0 Å². The van der Waals surface area contributed by atoms with Gasteiger partial charge in [0, 0.05) is 0 Å². The Balaban J connectivity index is 3.35. The van der Waals surface area contributed by atoms with Gasteiger partial charge in [0.2, 0.25) is 0 Å². The van der Waals surface area contributed by atoms with Gasteiger partial charge in [0.1, 0.15) is 19.8 Å². The summed E-state index contributed by atoms with van der Waals surface area (Å²) < 4.78 is 5.41. The predicted molar refractivity (Wildman–Crippen MR) is 40.9 cm³/mol. The number of hydrogen-bond acceptors (Lipinski definition) is 3. The molecule has 0 aliphatic carbocycles. The second-order valence-electron chi connectivity index (χ2n) is 3.39. The van der Waals surface area contributed by atoms with E-state index in [9.17, 15) is 4.79 Å². The summed E-state index contributed by atoms with van der Waals surface area (Å²) in [4.78, 5) is 10.4. The minimum absolute atomic E-state index is 0.364. The van der Waals surface area contributed by atoms with E-state index in [0.717, 1.165) is 11.0 Å². The van der Waals surface area contributed by atoms with Crippen LogP contribution in [0.2, 0.25) is 0 Å². The summed E-state index contributed by atoms with van der Waals surface area (Å²) in [6, 6.07) is 0. The van der Waals surface area contributed by atoms with Crippen LogP contribution in [0, 0.1) is 0 Å². The van der Waals surface area contributed by atoms with Crippen LogP contribution in [0.25, 0.3) is 0 Å². The second kappa shape index (κ2) is 4.31. The number of ether oxygens (including phenoxy) is 1. The third kappa shape index (κ3) is 7.29. The Morgan fingerprint density at radius 1 is 1.45 bits per heavy atom. The first-order valence-corrected chi connectivity index (χ1v) is 3.52. The van der Waals surface area contributed by atoms with Gasteiger partial charge < -0.3 is 14.3 Å². The van der Waals surface area contributed by atoms with Gasteiger partial charge in [0.05, 0.1) is 21.1 Å². The lowest BCUT2D eigenvalue weighted by molar-refractivity contribution is -0.870. The first kappa shape index (κ1) is 10.4. The summed E-state index contributed by atoms with van der Waals surface area (Å²) in [6.45, 7) is 0.589. The van der Waals surface area contributed by atoms with Crippen molar-refractivity contribution in [3.05, 3.63) is 0 Å². The van der Waals surface area contributed by atoms with Crippen molar-refractivity contribution in [2.45, 2.75) is 0 Å². The number of aliphatic hydroxyl groups is 1. The molecule has 0 saturated heterocycles. The molecule has 4 nitrogen and oxygen atoms in total. The van der Waals surface area contributed by atoms with E-state index >= 15 is 0 Å². The molecule has 0 aromatic heterocycles. The number of aliphatic hydroxyl groups excluding tert-OH is 1. The van der Waals surface area contributed by atoms with Gasteiger partial charge in [-0.05, 0) is 0 Å². The lowest BCUT2D eigenvalue weighted by Crippen LogP contribution is -2.38. The molecule has 0 bridgehead atoms. The molecule has 4 heteroatoms. The molecule has 1 N–H and O–H groups in total. The first-order chi connectivity index (χ1) is 4.95. The maximum absolute atomic E-state index is 10.4. The number of nitrogens with zero attached hydrogens (tertiary/aromatic N) is 1. The van der Waals surface area contributed by atoms with E-state index in [0.29, 0.717) is 6.61 Å². The quantitative estimate of drug-likeness (QED) is 0.436. The number of hydrogen-bond donors (Lipinski definition) is 1. The maximum atomic E-state index is 10.4. The lowest BCUT2D eigenvalue weighted by Gasteiger charge is -2.23. The highest BCUT2D eigenvalue weighted by atomic mass is 16.5. The minimum atomic E-state index is -0.557. The lowest BCUT2D eigenvalue weighted by atomic mass is 10.5. The number of rotatable bonds is 4. The number of esters is 1. The summed E-state index contributed by atoms with van der Waals surface area (Å²) in [5.74, 6) is -0.557. The van der Waals surface area contributed by atoms with Crippen molar-refractivity contribution in [3.63, 3.8) is 0 Å². The van der Waals surface area contributed by atoms with Crippen molar-refractivity contribution >= 4 is 5.97 Å². The number of carbonyl (C=O) groups is 1. The largest absolute Gasteiger partial charge is 0.458 e.